The van der Waals surface area contributed by atoms with Gasteiger partial charge in [-0.2, -0.15) is 0 Å². The van der Waals surface area contributed by atoms with E-state index in [1.165, 1.54) is 63.6 Å². The van der Waals surface area contributed by atoms with Gasteiger partial charge in [-0.3, -0.25) is 0 Å². The number of rotatable bonds is 6. The fourth-order valence-electron chi connectivity index (χ4n) is 9.12. The van der Waals surface area contributed by atoms with Gasteiger partial charge in [0.15, 0.2) is 5.82 Å². The van der Waals surface area contributed by atoms with E-state index >= 15 is 0 Å². The van der Waals surface area contributed by atoms with Crippen LogP contribution in [0.2, 0.25) is 0 Å². The van der Waals surface area contributed by atoms with Gasteiger partial charge in [0.1, 0.15) is 0 Å². The lowest BCUT2D eigenvalue weighted by Crippen LogP contribution is -1.97. The van der Waals surface area contributed by atoms with Crippen LogP contribution in [0, 0.1) is 0 Å². The molecule has 2 nitrogen and oxygen atoms in total. The van der Waals surface area contributed by atoms with E-state index in [-0.39, 0.29) is 0 Å². The van der Waals surface area contributed by atoms with Crippen LogP contribution in [-0.2, 0) is 0 Å². The Morgan fingerprint density at radius 1 is 0.279 bits per heavy atom. The molecule has 284 valence electrons. The SMILES string of the molecule is c1ccc(-c2ccccc2-c2cc(-c3cccc(-c4ccc5c(c4)sc4ccccc45)c3)nc(-c3ccc(-c4c5ccccc5cc5c4ccc4ccccc45)cc3)n2)cc1. The minimum absolute atomic E-state index is 0.688. The Bertz CT molecular complexity index is 3640. The molecule has 10 aromatic carbocycles. The van der Waals surface area contributed by atoms with Crippen LogP contribution >= 0.6 is 11.3 Å². The van der Waals surface area contributed by atoms with Gasteiger partial charge in [-0.25, -0.2) is 9.97 Å². The Morgan fingerprint density at radius 3 is 1.75 bits per heavy atom. The summed E-state index contributed by atoms with van der Waals surface area (Å²) in [6.07, 6.45) is 0. The van der Waals surface area contributed by atoms with E-state index in [1.807, 2.05) is 11.3 Å². The lowest BCUT2D eigenvalue weighted by molar-refractivity contribution is 1.18. The fraction of sp³-hybridized carbons (Fsp3) is 0. The van der Waals surface area contributed by atoms with E-state index in [1.54, 1.807) is 0 Å². The van der Waals surface area contributed by atoms with Crippen molar-refractivity contribution in [1.82, 2.24) is 9.97 Å². The Morgan fingerprint density at radius 2 is 0.885 bits per heavy atom. The molecule has 0 atom stereocenters. The van der Waals surface area contributed by atoms with Gasteiger partial charge in [0.05, 0.1) is 11.4 Å². The van der Waals surface area contributed by atoms with Gasteiger partial charge in [0, 0.05) is 36.9 Å². The minimum atomic E-state index is 0.688. The molecule has 0 amide bonds. The molecule has 2 aromatic heterocycles. The van der Waals surface area contributed by atoms with E-state index < -0.39 is 0 Å². The first-order chi connectivity index (χ1) is 30.2. The average Bonchev–Trinajstić information content (AvgIpc) is 3.71. The van der Waals surface area contributed by atoms with E-state index in [2.05, 4.69) is 218 Å². The third-order valence-corrected chi connectivity index (χ3v) is 13.2. The second-order valence-electron chi connectivity index (χ2n) is 15.7. The molecule has 0 aliphatic rings. The van der Waals surface area contributed by atoms with Crippen LogP contribution in [0.3, 0.4) is 0 Å². The van der Waals surface area contributed by atoms with E-state index in [9.17, 15) is 0 Å². The summed E-state index contributed by atoms with van der Waals surface area (Å²) < 4.78 is 2.61. The third kappa shape index (κ3) is 6.18. The number of aromatic nitrogens is 2. The largest absolute Gasteiger partial charge is 0.228 e. The molecule has 0 spiro atoms. The molecule has 61 heavy (non-hydrogen) atoms. The van der Waals surface area contributed by atoms with Gasteiger partial charge in [0.25, 0.3) is 0 Å². The molecule has 2 heterocycles. The zero-order chi connectivity index (χ0) is 40.3. The zero-order valence-corrected chi connectivity index (χ0v) is 33.9. The van der Waals surface area contributed by atoms with Crippen LogP contribution in [0.1, 0.15) is 0 Å². The first-order valence-corrected chi connectivity index (χ1v) is 21.5. The second kappa shape index (κ2) is 14.5. The van der Waals surface area contributed by atoms with E-state index in [0.29, 0.717) is 5.82 Å². The van der Waals surface area contributed by atoms with E-state index in [4.69, 9.17) is 9.97 Å². The van der Waals surface area contributed by atoms with Crippen molar-refractivity contribution in [3.05, 3.63) is 218 Å². The quantitative estimate of drug-likeness (QED) is 0.124. The van der Waals surface area contributed by atoms with Crippen LogP contribution in [0.4, 0.5) is 0 Å². The monoisotopic (exact) mass is 792 g/mol. The summed E-state index contributed by atoms with van der Waals surface area (Å²) >= 11 is 1.85. The van der Waals surface area contributed by atoms with Gasteiger partial charge in [-0.05, 0) is 96.0 Å². The van der Waals surface area contributed by atoms with Crippen molar-refractivity contribution in [1.29, 1.82) is 0 Å². The van der Waals surface area contributed by atoms with Crippen molar-refractivity contribution in [2.24, 2.45) is 0 Å². The van der Waals surface area contributed by atoms with Gasteiger partial charge >= 0.3 is 0 Å². The number of nitrogens with zero attached hydrogens (tertiary/aromatic N) is 2. The lowest BCUT2D eigenvalue weighted by atomic mass is 9.89. The van der Waals surface area contributed by atoms with Crippen LogP contribution < -0.4 is 0 Å². The molecule has 0 unspecified atom stereocenters. The third-order valence-electron chi connectivity index (χ3n) is 12.1. The molecule has 12 rings (SSSR count). The number of thiophene rings is 1. The standard InChI is InChI=1S/C58H36N2S/c1-2-13-37(14-3-1)45-19-8-9-22-48(45)54-36-53(44-18-12-17-41(33-44)42-30-31-50-49-23-10-11-24-55(49)61-56(50)35-42)59-58(60-54)40-27-25-39(26-28-40)57-47-21-7-5-16-43(47)34-52-46-20-6-4-15-38(46)29-32-51(52)57/h1-36H. The molecule has 12 aromatic rings. The summed E-state index contributed by atoms with van der Waals surface area (Å²) in [5.41, 5.74) is 11.9. The summed E-state index contributed by atoms with van der Waals surface area (Å²) in [7, 11) is 0. The molecule has 0 saturated heterocycles. The highest BCUT2D eigenvalue weighted by Crippen LogP contribution is 2.41. The molecule has 0 fully saturated rings. The minimum Gasteiger partial charge on any atom is -0.228 e. The maximum Gasteiger partial charge on any atom is 0.160 e. The predicted molar refractivity (Wildman–Crippen MR) is 260 cm³/mol. The molecule has 0 saturated carbocycles. The van der Waals surface area contributed by atoms with Crippen LogP contribution in [-0.4, -0.2) is 9.97 Å². The summed E-state index contributed by atoms with van der Waals surface area (Å²) in [5.74, 6) is 0.688. The zero-order valence-electron chi connectivity index (χ0n) is 33.1. The Kier molecular flexibility index (Phi) is 8.39. The van der Waals surface area contributed by atoms with Crippen LogP contribution in [0.25, 0.3) is 120 Å². The van der Waals surface area contributed by atoms with Gasteiger partial charge < -0.3 is 0 Å². The molecule has 0 radical (unpaired) electrons. The van der Waals surface area contributed by atoms with Gasteiger partial charge in [0.2, 0.25) is 0 Å². The Balaban J connectivity index is 1.01. The van der Waals surface area contributed by atoms with Crippen molar-refractivity contribution in [3.8, 4) is 67.3 Å². The number of hydrogen-bond donors (Lipinski definition) is 0. The molecule has 0 bridgehead atoms. The molecular formula is C58H36N2S. The number of benzene rings is 10. The number of fused-ring (bicyclic) bond motifs is 7. The van der Waals surface area contributed by atoms with Gasteiger partial charge in [-0.15, -0.1) is 11.3 Å². The van der Waals surface area contributed by atoms with Crippen molar-refractivity contribution in [2.75, 3.05) is 0 Å². The summed E-state index contributed by atoms with van der Waals surface area (Å²) in [5, 5.41) is 10.1. The predicted octanol–water partition coefficient (Wildman–Crippen LogP) is 16.3. The van der Waals surface area contributed by atoms with Crippen molar-refractivity contribution >= 4 is 63.8 Å². The summed E-state index contributed by atoms with van der Waals surface area (Å²) in [6, 6.07) is 78.7. The molecular weight excluding hydrogens is 757 g/mol. The first-order valence-electron chi connectivity index (χ1n) is 20.7. The first kappa shape index (κ1) is 35.2. The highest BCUT2D eigenvalue weighted by molar-refractivity contribution is 7.25. The van der Waals surface area contributed by atoms with Crippen LogP contribution in [0.5, 0.6) is 0 Å². The fourth-order valence-corrected chi connectivity index (χ4v) is 10.3. The topological polar surface area (TPSA) is 25.8 Å². The molecule has 0 aliphatic heterocycles. The summed E-state index contributed by atoms with van der Waals surface area (Å²) in [6.45, 7) is 0. The highest BCUT2D eigenvalue weighted by atomic mass is 32.1. The lowest BCUT2D eigenvalue weighted by Gasteiger charge is -2.15. The highest BCUT2D eigenvalue weighted by Gasteiger charge is 2.17. The maximum atomic E-state index is 5.35. The summed E-state index contributed by atoms with van der Waals surface area (Å²) in [4.78, 5) is 10.7. The van der Waals surface area contributed by atoms with Crippen molar-refractivity contribution in [3.63, 3.8) is 0 Å². The van der Waals surface area contributed by atoms with Crippen LogP contribution in [0.15, 0.2) is 218 Å². The normalized spacial score (nSPS) is 11.6. The van der Waals surface area contributed by atoms with Crippen molar-refractivity contribution in [2.45, 2.75) is 0 Å². The number of hydrogen-bond acceptors (Lipinski definition) is 3. The maximum absolute atomic E-state index is 5.35. The van der Waals surface area contributed by atoms with E-state index in [0.717, 1.165) is 50.3 Å². The molecule has 3 heteroatoms. The second-order valence-corrected chi connectivity index (χ2v) is 16.8. The smallest absolute Gasteiger partial charge is 0.160 e. The molecule has 0 N–H and O–H groups in total. The molecule has 0 aliphatic carbocycles. The average molecular weight is 793 g/mol. The van der Waals surface area contributed by atoms with Gasteiger partial charge in [-0.1, -0.05) is 188 Å². The Hall–Kier alpha value is -7.72. The Labute approximate surface area is 357 Å². The van der Waals surface area contributed by atoms with Crippen molar-refractivity contribution < 1.29 is 0 Å².